The van der Waals surface area contributed by atoms with Gasteiger partial charge in [-0.3, -0.25) is 9.59 Å². The highest BCUT2D eigenvalue weighted by atomic mass is 16.5. The average Bonchev–Trinajstić information content (AvgIpc) is 2.86. The SMILES string of the molecule is COc1ccc(CC2(CCC(=O)NC(C)(C)C)CCC(=O)N2)cc1. The summed E-state index contributed by atoms with van der Waals surface area (Å²) in [6.45, 7) is 5.90. The molecule has 0 bridgehead atoms. The van der Waals surface area contributed by atoms with E-state index in [1.165, 1.54) is 0 Å². The van der Waals surface area contributed by atoms with Gasteiger partial charge in [0.25, 0.3) is 0 Å². The maximum atomic E-state index is 12.1. The summed E-state index contributed by atoms with van der Waals surface area (Å²) < 4.78 is 5.18. The first-order valence-corrected chi connectivity index (χ1v) is 8.46. The molecule has 5 heteroatoms. The van der Waals surface area contributed by atoms with Gasteiger partial charge in [-0.25, -0.2) is 0 Å². The van der Waals surface area contributed by atoms with Crippen LogP contribution in [0.5, 0.6) is 5.75 Å². The summed E-state index contributed by atoms with van der Waals surface area (Å²) >= 11 is 0. The summed E-state index contributed by atoms with van der Waals surface area (Å²) in [6.07, 6.45) is 3.07. The first-order chi connectivity index (χ1) is 11.2. The van der Waals surface area contributed by atoms with Crippen molar-refractivity contribution in [3.63, 3.8) is 0 Å². The first kappa shape index (κ1) is 18.3. The molecule has 1 aliphatic heterocycles. The predicted octanol–water partition coefficient (Wildman–Crippen LogP) is 2.58. The molecule has 1 aromatic rings. The largest absolute Gasteiger partial charge is 0.497 e. The maximum Gasteiger partial charge on any atom is 0.220 e. The zero-order valence-electron chi connectivity index (χ0n) is 15.1. The smallest absolute Gasteiger partial charge is 0.220 e. The Bertz CT molecular complexity index is 590. The Labute approximate surface area is 144 Å². The number of carbonyl (C=O) groups excluding carboxylic acids is 2. The van der Waals surface area contributed by atoms with Crippen LogP contribution in [0.1, 0.15) is 52.0 Å². The molecular weight excluding hydrogens is 304 g/mol. The number of benzene rings is 1. The second kappa shape index (κ2) is 7.24. The van der Waals surface area contributed by atoms with Crippen molar-refractivity contribution in [1.82, 2.24) is 10.6 Å². The van der Waals surface area contributed by atoms with Crippen LogP contribution in [0, 0.1) is 0 Å². The molecule has 0 aliphatic carbocycles. The van der Waals surface area contributed by atoms with Crippen molar-refractivity contribution < 1.29 is 14.3 Å². The van der Waals surface area contributed by atoms with E-state index in [0.29, 0.717) is 19.3 Å². The van der Waals surface area contributed by atoms with E-state index in [-0.39, 0.29) is 22.9 Å². The summed E-state index contributed by atoms with van der Waals surface area (Å²) in [6, 6.07) is 7.87. The lowest BCUT2D eigenvalue weighted by Crippen LogP contribution is -2.46. The zero-order valence-corrected chi connectivity index (χ0v) is 15.1. The van der Waals surface area contributed by atoms with Crippen molar-refractivity contribution >= 4 is 11.8 Å². The average molecular weight is 332 g/mol. The number of amides is 2. The normalized spacial score (nSPS) is 20.6. The fourth-order valence-corrected chi connectivity index (χ4v) is 3.15. The minimum absolute atomic E-state index is 0.0257. The Morgan fingerprint density at radius 3 is 2.46 bits per heavy atom. The van der Waals surface area contributed by atoms with Crippen LogP contribution < -0.4 is 15.4 Å². The molecule has 2 N–H and O–H groups in total. The fourth-order valence-electron chi connectivity index (χ4n) is 3.15. The lowest BCUT2D eigenvalue weighted by atomic mass is 9.85. The van der Waals surface area contributed by atoms with Crippen LogP contribution in [-0.2, 0) is 16.0 Å². The van der Waals surface area contributed by atoms with Crippen molar-refractivity contribution in [1.29, 1.82) is 0 Å². The summed E-state index contributed by atoms with van der Waals surface area (Å²) in [5.41, 5.74) is 0.564. The van der Waals surface area contributed by atoms with Gasteiger partial charge in [-0.2, -0.15) is 0 Å². The van der Waals surface area contributed by atoms with Crippen LogP contribution in [0.4, 0.5) is 0 Å². The summed E-state index contributed by atoms with van der Waals surface area (Å²) in [7, 11) is 1.64. The quantitative estimate of drug-likeness (QED) is 0.841. The Morgan fingerprint density at radius 1 is 1.29 bits per heavy atom. The van der Waals surface area contributed by atoms with E-state index in [1.54, 1.807) is 7.11 Å². The van der Waals surface area contributed by atoms with Crippen LogP contribution >= 0.6 is 0 Å². The molecule has 1 unspecified atom stereocenters. The van der Waals surface area contributed by atoms with Crippen LogP contribution in [0.15, 0.2) is 24.3 Å². The number of hydrogen-bond donors (Lipinski definition) is 2. The Hall–Kier alpha value is -2.04. The number of hydrogen-bond acceptors (Lipinski definition) is 3. The molecule has 0 saturated carbocycles. The zero-order chi connectivity index (χ0) is 17.8. The van der Waals surface area contributed by atoms with Gasteiger partial charge in [-0.1, -0.05) is 12.1 Å². The van der Waals surface area contributed by atoms with E-state index in [1.807, 2.05) is 45.0 Å². The van der Waals surface area contributed by atoms with Gasteiger partial charge in [-0.05, 0) is 57.7 Å². The molecular formula is C19H28N2O3. The van der Waals surface area contributed by atoms with E-state index in [4.69, 9.17) is 4.74 Å². The molecule has 2 rings (SSSR count). The number of methoxy groups -OCH3 is 1. The van der Waals surface area contributed by atoms with Gasteiger partial charge >= 0.3 is 0 Å². The van der Waals surface area contributed by atoms with Crippen LogP contribution in [0.2, 0.25) is 0 Å². The molecule has 2 amide bonds. The van der Waals surface area contributed by atoms with E-state index in [0.717, 1.165) is 24.2 Å². The summed E-state index contributed by atoms with van der Waals surface area (Å²) in [5, 5.41) is 6.09. The molecule has 132 valence electrons. The molecule has 0 aromatic heterocycles. The van der Waals surface area contributed by atoms with Crippen molar-refractivity contribution in [2.24, 2.45) is 0 Å². The van der Waals surface area contributed by atoms with E-state index < -0.39 is 0 Å². The topological polar surface area (TPSA) is 67.4 Å². The summed E-state index contributed by atoms with van der Waals surface area (Å²) in [4.78, 5) is 23.9. The molecule has 0 spiro atoms. The van der Waals surface area contributed by atoms with Crippen LogP contribution in [-0.4, -0.2) is 30.0 Å². The standard InChI is InChI=1S/C19H28N2O3/c1-18(2,3)20-16(22)9-11-19(12-10-17(23)21-19)13-14-5-7-15(24-4)8-6-14/h5-8H,9-13H2,1-4H3,(H,20,22)(H,21,23). The molecule has 24 heavy (non-hydrogen) atoms. The van der Waals surface area contributed by atoms with Crippen molar-refractivity contribution in [2.45, 2.75) is 64.0 Å². The highest BCUT2D eigenvalue weighted by molar-refractivity contribution is 5.80. The van der Waals surface area contributed by atoms with Crippen molar-refractivity contribution in [2.75, 3.05) is 7.11 Å². The highest BCUT2D eigenvalue weighted by Gasteiger charge is 2.38. The molecule has 1 aromatic carbocycles. The number of carbonyl (C=O) groups is 2. The third-order valence-corrected chi connectivity index (χ3v) is 4.28. The fraction of sp³-hybridized carbons (Fsp3) is 0.579. The maximum absolute atomic E-state index is 12.1. The van der Waals surface area contributed by atoms with Crippen LogP contribution in [0.3, 0.4) is 0 Å². The third-order valence-electron chi connectivity index (χ3n) is 4.28. The predicted molar refractivity (Wildman–Crippen MR) is 93.9 cm³/mol. The molecule has 1 aliphatic rings. The van der Waals surface area contributed by atoms with Crippen molar-refractivity contribution in [3.05, 3.63) is 29.8 Å². The minimum atomic E-state index is -0.332. The van der Waals surface area contributed by atoms with E-state index in [9.17, 15) is 9.59 Å². The Kier molecular flexibility index (Phi) is 5.52. The number of ether oxygens (including phenoxy) is 1. The van der Waals surface area contributed by atoms with E-state index in [2.05, 4.69) is 10.6 Å². The molecule has 1 atom stereocenters. The molecule has 1 saturated heterocycles. The van der Waals surface area contributed by atoms with Gasteiger partial charge in [0.2, 0.25) is 11.8 Å². The molecule has 1 heterocycles. The highest BCUT2D eigenvalue weighted by Crippen LogP contribution is 2.30. The molecule has 0 radical (unpaired) electrons. The second-order valence-corrected chi connectivity index (χ2v) is 7.65. The second-order valence-electron chi connectivity index (χ2n) is 7.65. The lowest BCUT2D eigenvalue weighted by Gasteiger charge is -2.30. The summed E-state index contributed by atoms with van der Waals surface area (Å²) in [5.74, 6) is 0.908. The molecule has 1 fully saturated rings. The van der Waals surface area contributed by atoms with Gasteiger partial charge in [0.05, 0.1) is 7.11 Å². The lowest BCUT2D eigenvalue weighted by molar-refractivity contribution is -0.123. The van der Waals surface area contributed by atoms with Gasteiger partial charge in [-0.15, -0.1) is 0 Å². The van der Waals surface area contributed by atoms with Gasteiger partial charge in [0, 0.05) is 23.9 Å². The number of nitrogens with one attached hydrogen (secondary N) is 2. The Balaban J connectivity index is 2.03. The monoisotopic (exact) mass is 332 g/mol. The minimum Gasteiger partial charge on any atom is -0.497 e. The molecule has 5 nitrogen and oxygen atoms in total. The van der Waals surface area contributed by atoms with Crippen LogP contribution in [0.25, 0.3) is 0 Å². The van der Waals surface area contributed by atoms with Gasteiger partial charge < -0.3 is 15.4 Å². The van der Waals surface area contributed by atoms with Gasteiger partial charge in [0.1, 0.15) is 5.75 Å². The van der Waals surface area contributed by atoms with Crippen molar-refractivity contribution in [3.8, 4) is 5.75 Å². The van der Waals surface area contributed by atoms with Gasteiger partial charge in [0.15, 0.2) is 0 Å². The third kappa shape index (κ3) is 5.25. The first-order valence-electron chi connectivity index (χ1n) is 8.46. The number of rotatable bonds is 6. The van der Waals surface area contributed by atoms with E-state index >= 15 is 0 Å². The Morgan fingerprint density at radius 2 is 1.96 bits per heavy atom.